The van der Waals surface area contributed by atoms with Crippen LogP contribution >= 0.6 is 15.9 Å². The van der Waals surface area contributed by atoms with Crippen molar-refractivity contribution in [1.29, 1.82) is 0 Å². The summed E-state index contributed by atoms with van der Waals surface area (Å²) in [5, 5.41) is 0.759. The average Bonchev–Trinajstić information content (AvgIpc) is 3.30. The van der Waals surface area contributed by atoms with Gasteiger partial charge in [-0.2, -0.15) is 0 Å². The van der Waals surface area contributed by atoms with E-state index in [4.69, 9.17) is 4.74 Å². The lowest BCUT2D eigenvalue weighted by Crippen LogP contribution is -2.37. The number of rotatable bonds is 5. The second-order valence-electron chi connectivity index (χ2n) is 8.75. The Hall–Kier alpha value is -3.36. The topological polar surface area (TPSA) is 68.6 Å². The van der Waals surface area contributed by atoms with Crippen molar-refractivity contribution in [1.82, 2.24) is 8.87 Å². The number of nitrogens with zero attached hydrogens (tertiary/aromatic N) is 2. The quantitative estimate of drug-likeness (QED) is 0.256. The van der Waals surface area contributed by atoms with Crippen molar-refractivity contribution < 1.29 is 17.9 Å². The minimum Gasteiger partial charge on any atom is -0.445 e. The summed E-state index contributed by atoms with van der Waals surface area (Å²) >= 11 is 3.62. The third kappa shape index (κ3) is 4.58. The van der Waals surface area contributed by atoms with Crippen LogP contribution in [-0.2, 0) is 21.4 Å². The Morgan fingerprint density at radius 2 is 1.75 bits per heavy atom. The van der Waals surface area contributed by atoms with Crippen LogP contribution in [0.3, 0.4) is 0 Å². The summed E-state index contributed by atoms with van der Waals surface area (Å²) in [7, 11) is -3.86. The van der Waals surface area contributed by atoms with Gasteiger partial charge in [0.15, 0.2) is 0 Å². The summed E-state index contributed by atoms with van der Waals surface area (Å²) in [6.07, 6.45) is 5.69. The Balaban J connectivity index is 1.55. The number of aromatic nitrogens is 1. The molecule has 5 rings (SSSR count). The molecule has 1 unspecified atom stereocenters. The number of benzene rings is 3. The number of fused-ring (bicyclic) bond motifs is 1. The van der Waals surface area contributed by atoms with E-state index in [0.29, 0.717) is 18.5 Å². The molecule has 8 heteroatoms. The van der Waals surface area contributed by atoms with E-state index in [2.05, 4.69) is 15.9 Å². The molecule has 4 aromatic rings. The summed E-state index contributed by atoms with van der Waals surface area (Å²) in [5.41, 5.74) is 3.17. The Labute approximate surface area is 219 Å². The second-order valence-corrected chi connectivity index (χ2v) is 11.4. The number of amides is 1. The van der Waals surface area contributed by atoms with Gasteiger partial charge in [0, 0.05) is 28.2 Å². The summed E-state index contributed by atoms with van der Waals surface area (Å²) < 4.78 is 35.1. The molecule has 0 spiro atoms. The third-order valence-corrected chi connectivity index (χ3v) is 8.70. The lowest BCUT2D eigenvalue weighted by Gasteiger charge is -2.32. The summed E-state index contributed by atoms with van der Waals surface area (Å²) in [4.78, 5) is 15.0. The predicted octanol–water partition coefficient (Wildman–Crippen LogP) is 6.59. The van der Waals surface area contributed by atoms with Gasteiger partial charge in [0.25, 0.3) is 10.0 Å². The summed E-state index contributed by atoms with van der Waals surface area (Å²) in [6, 6.07) is 21.4. The highest BCUT2D eigenvalue weighted by atomic mass is 79.9. The lowest BCUT2D eigenvalue weighted by molar-refractivity contribution is 0.0834. The number of hydrogen-bond acceptors (Lipinski definition) is 4. The van der Waals surface area contributed by atoms with Crippen molar-refractivity contribution in [3.8, 4) is 0 Å². The van der Waals surface area contributed by atoms with Crippen LogP contribution < -0.4 is 0 Å². The maximum atomic E-state index is 13.7. The van der Waals surface area contributed by atoms with E-state index in [9.17, 15) is 13.2 Å². The van der Waals surface area contributed by atoms with Crippen molar-refractivity contribution in [2.75, 3.05) is 6.54 Å². The van der Waals surface area contributed by atoms with Crippen LogP contribution in [0.2, 0.25) is 0 Å². The van der Waals surface area contributed by atoms with Crippen LogP contribution in [0.5, 0.6) is 0 Å². The fourth-order valence-electron chi connectivity index (χ4n) is 4.48. The van der Waals surface area contributed by atoms with Gasteiger partial charge in [0.05, 0.1) is 16.5 Å². The van der Waals surface area contributed by atoms with Gasteiger partial charge in [-0.3, -0.25) is 4.90 Å². The fraction of sp³-hybridized carbons (Fsp3) is 0.179. The van der Waals surface area contributed by atoms with Crippen molar-refractivity contribution in [2.45, 2.75) is 30.9 Å². The first-order valence-corrected chi connectivity index (χ1v) is 13.8. The molecule has 0 radical (unpaired) electrons. The average molecular weight is 565 g/mol. The van der Waals surface area contributed by atoms with Crippen LogP contribution in [0.4, 0.5) is 4.79 Å². The first kappa shape index (κ1) is 24.3. The molecule has 0 bridgehead atoms. The highest BCUT2D eigenvalue weighted by molar-refractivity contribution is 9.10. The van der Waals surface area contributed by atoms with Crippen molar-refractivity contribution in [3.05, 3.63) is 112 Å². The van der Waals surface area contributed by atoms with Crippen molar-refractivity contribution in [3.63, 3.8) is 0 Å². The Kier molecular flexibility index (Phi) is 6.73. The molecule has 184 valence electrons. The zero-order chi connectivity index (χ0) is 25.3. The van der Waals surface area contributed by atoms with Crippen LogP contribution in [0.1, 0.15) is 29.2 Å². The van der Waals surface area contributed by atoms with Gasteiger partial charge in [0.2, 0.25) is 0 Å². The van der Waals surface area contributed by atoms with E-state index in [1.165, 1.54) is 3.97 Å². The molecule has 0 aliphatic carbocycles. The molecule has 1 amide bonds. The molecular weight excluding hydrogens is 540 g/mol. The van der Waals surface area contributed by atoms with Crippen LogP contribution in [-0.4, -0.2) is 29.9 Å². The number of hydrogen-bond donors (Lipinski definition) is 0. The first-order valence-electron chi connectivity index (χ1n) is 11.6. The minimum absolute atomic E-state index is 0.167. The molecule has 36 heavy (non-hydrogen) atoms. The molecular formula is C28H25BrN2O4S. The molecule has 0 saturated heterocycles. The molecule has 1 aliphatic heterocycles. The number of carbonyl (C=O) groups excluding carboxylic acids is 1. The van der Waals surface area contributed by atoms with E-state index in [1.54, 1.807) is 41.4 Å². The van der Waals surface area contributed by atoms with Gasteiger partial charge in [-0.15, -0.1) is 0 Å². The van der Waals surface area contributed by atoms with E-state index >= 15 is 0 Å². The van der Waals surface area contributed by atoms with Crippen LogP contribution in [0.15, 0.2) is 101 Å². The van der Waals surface area contributed by atoms with Gasteiger partial charge in [0.1, 0.15) is 6.61 Å². The number of ether oxygens (including phenoxy) is 1. The fourth-order valence-corrected chi connectivity index (χ4v) is 6.44. The normalized spacial score (nSPS) is 15.8. The highest BCUT2D eigenvalue weighted by Gasteiger charge is 2.32. The minimum atomic E-state index is -3.86. The zero-order valence-corrected chi connectivity index (χ0v) is 22.1. The standard InChI is InChI=1S/C28H25BrN2O4S/c1-20-13-15-22(16-14-20)36(33,34)31-18-23(27-24(29)10-7-12-26(27)31)25-11-5-6-17-30(25)28(32)35-19-21-8-3-2-4-9-21/h2-10,12-16,18,25H,11,17,19H2,1H3. The van der Waals surface area contributed by atoms with E-state index in [1.807, 2.05) is 61.5 Å². The molecule has 6 nitrogen and oxygen atoms in total. The summed E-state index contributed by atoms with van der Waals surface area (Å²) in [6.45, 7) is 2.46. The molecule has 1 aliphatic rings. The molecule has 0 N–H and O–H groups in total. The maximum absolute atomic E-state index is 13.7. The van der Waals surface area contributed by atoms with Gasteiger partial charge < -0.3 is 4.74 Å². The lowest BCUT2D eigenvalue weighted by atomic mass is 9.99. The predicted molar refractivity (Wildman–Crippen MR) is 143 cm³/mol. The number of halogens is 1. The van der Waals surface area contributed by atoms with Gasteiger partial charge in [-0.25, -0.2) is 17.2 Å². The number of carbonyl (C=O) groups is 1. The van der Waals surface area contributed by atoms with Crippen molar-refractivity contribution >= 4 is 42.9 Å². The first-order chi connectivity index (χ1) is 17.4. The highest BCUT2D eigenvalue weighted by Crippen LogP contribution is 2.39. The Morgan fingerprint density at radius 1 is 1.00 bits per heavy atom. The largest absolute Gasteiger partial charge is 0.445 e. The zero-order valence-electron chi connectivity index (χ0n) is 19.7. The Morgan fingerprint density at radius 3 is 2.50 bits per heavy atom. The van der Waals surface area contributed by atoms with Gasteiger partial charge >= 0.3 is 6.09 Å². The molecule has 1 atom stereocenters. The smallest absolute Gasteiger partial charge is 0.410 e. The second kappa shape index (κ2) is 9.95. The number of aryl methyl sites for hydroxylation is 1. The SMILES string of the molecule is Cc1ccc(S(=O)(=O)n2cc(C3CC=CCN3C(=O)OCc3ccccc3)c3c(Br)cccc32)cc1. The van der Waals surface area contributed by atoms with E-state index in [-0.39, 0.29) is 17.5 Å². The van der Waals surface area contributed by atoms with Gasteiger partial charge in [-0.05, 0) is 43.2 Å². The van der Waals surface area contributed by atoms with E-state index in [0.717, 1.165) is 26.5 Å². The molecule has 0 fully saturated rings. The monoisotopic (exact) mass is 564 g/mol. The molecule has 1 aromatic heterocycles. The maximum Gasteiger partial charge on any atom is 0.410 e. The Bertz CT molecular complexity index is 1540. The third-order valence-electron chi connectivity index (χ3n) is 6.35. The van der Waals surface area contributed by atoms with Crippen LogP contribution in [0, 0.1) is 6.92 Å². The van der Waals surface area contributed by atoms with Crippen LogP contribution in [0.25, 0.3) is 10.9 Å². The van der Waals surface area contributed by atoms with Crippen molar-refractivity contribution in [2.24, 2.45) is 0 Å². The molecule has 3 aromatic carbocycles. The van der Waals surface area contributed by atoms with Gasteiger partial charge in [-0.1, -0.05) is 82.2 Å². The summed E-state index contributed by atoms with van der Waals surface area (Å²) in [5.74, 6) is 0. The molecule has 2 heterocycles. The van der Waals surface area contributed by atoms with E-state index < -0.39 is 16.1 Å². The molecule has 0 saturated carbocycles.